The molecule has 0 saturated carbocycles. The molecule has 0 spiro atoms. The first-order valence-corrected chi connectivity index (χ1v) is 3.33. The molecule has 2 rings (SSSR count). The van der Waals surface area contributed by atoms with Crippen molar-refractivity contribution >= 4 is 22.9 Å². The van der Waals surface area contributed by atoms with Crippen LogP contribution in [-0.4, -0.2) is 25.3 Å². The van der Waals surface area contributed by atoms with Gasteiger partial charge in [-0.3, -0.25) is 0 Å². The number of hydrogen-bond acceptors (Lipinski definition) is 8. The SMILES string of the molecule is Nc1nc2nonc2nc1N[N+](=O)[O-]. The molecular weight excluding hydrogens is 194 g/mol. The van der Waals surface area contributed by atoms with Crippen molar-refractivity contribution in [2.75, 3.05) is 11.2 Å². The Bertz CT molecular complexity index is 493. The van der Waals surface area contributed by atoms with Crippen LogP contribution in [0.3, 0.4) is 0 Å². The van der Waals surface area contributed by atoms with Crippen LogP contribution in [0.4, 0.5) is 11.6 Å². The van der Waals surface area contributed by atoms with Gasteiger partial charge in [-0.25, -0.2) is 19.7 Å². The summed E-state index contributed by atoms with van der Waals surface area (Å²) in [6.07, 6.45) is 0. The van der Waals surface area contributed by atoms with Gasteiger partial charge in [0.1, 0.15) is 0 Å². The van der Waals surface area contributed by atoms with Gasteiger partial charge in [0, 0.05) is 0 Å². The molecule has 2 aromatic rings. The summed E-state index contributed by atoms with van der Waals surface area (Å²) in [6, 6.07) is 0. The Morgan fingerprint density at radius 1 is 1.36 bits per heavy atom. The minimum absolute atomic E-state index is 0.0450. The monoisotopic (exact) mass is 197 g/mol. The lowest BCUT2D eigenvalue weighted by atomic mass is 10.6. The minimum Gasteiger partial charge on any atom is -0.380 e. The number of fused-ring (bicyclic) bond motifs is 1. The Morgan fingerprint density at radius 3 is 2.64 bits per heavy atom. The molecule has 0 saturated heterocycles. The van der Waals surface area contributed by atoms with E-state index in [9.17, 15) is 10.1 Å². The second kappa shape index (κ2) is 2.76. The summed E-state index contributed by atoms with van der Waals surface area (Å²) in [4.78, 5) is 17.4. The molecule has 2 aromatic heterocycles. The number of nitrogens with zero attached hydrogens (tertiary/aromatic N) is 5. The number of nitrogens with one attached hydrogen (secondary N) is 1. The van der Waals surface area contributed by atoms with Crippen LogP contribution >= 0.6 is 0 Å². The van der Waals surface area contributed by atoms with Gasteiger partial charge >= 0.3 is 0 Å². The third-order valence-electron chi connectivity index (χ3n) is 1.34. The van der Waals surface area contributed by atoms with Gasteiger partial charge in [0.05, 0.1) is 0 Å². The molecule has 10 heteroatoms. The molecule has 10 nitrogen and oxygen atoms in total. The largest absolute Gasteiger partial charge is 0.380 e. The van der Waals surface area contributed by atoms with E-state index in [0.717, 1.165) is 0 Å². The van der Waals surface area contributed by atoms with Gasteiger partial charge in [-0.2, -0.15) is 4.98 Å². The summed E-state index contributed by atoms with van der Waals surface area (Å²) in [5.74, 6) is -0.344. The predicted molar refractivity (Wildman–Crippen MR) is 42.4 cm³/mol. The van der Waals surface area contributed by atoms with Crippen molar-refractivity contribution in [1.29, 1.82) is 0 Å². The van der Waals surface area contributed by atoms with Gasteiger partial charge in [-0.15, -0.1) is 0 Å². The van der Waals surface area contributed by atoms with E-state index in [0.29, 0.717) is 0 Å². The molecule has 0 aromatic carbocycles. The molecule has 0 aliphatic rings. The van der Waals surface area contributed by atoms with Crippen molar-refractivity contribution in [1.82, 2.24) is 20.3 Å². The molecule has 0 radical (unpaired) electrons. The lowest BCUT2D eigenvalue weighted by molar-refractivity contribution is -0.445. The van der Waals surface area contributed by atoms with E-state index in [-0.39, 0.29) is 22.9 Å². The van der Waals surface area contributed by atoms with Crippen molar-refractivity contribution in [3.05, 3.63) is 10.1 Å². The molecule has 3 N–H and O–H groups in total. The lowest BCUT2D eigenvalue weighted by Crippen LogP contribution is -2.12. The minimum atomic E-state index is -0.806. The summed E-state index contributed by atoms with van der Waals surface area (Å²) < 4.78 is 4.30. The van der Waals surface area contributed by atoms with E-state index in [2.05, 4.69) is 24.9 Å². The van der Waals surface area contributed by atoms with Crippen LogP contribution in [0.15, 0.2) is 4.63 Å². The summed E-state index contributed by atoms with van der Waals surface area (Å²) >= 11 is 0. The molecule has 0 aliphatic carbocycles. The third kappa shape index (κ3) is 1.24. The molecule has 72 valence electrons. The van der Waals surface area contributed by atoms with E-state index >= 15 is 0 Å². The number of hydrogen-bond donors (Lipinski definition) is 2. The molecule has 0 fully saturated rings. The molecule has 14 heavy (non-hydrogen) atoms. The van der Waals surface area contributed by atoms with Crippen molar-refractivity contribution in [2.45, 2.75) is 0 Å². The number of nitro groups is 1. The van der Waals surface area contributed by atoms with Crippen molar-refractivity contribution in [3.63, 3.8) is 0 Å². The summed E-state index contributed by atoms with van der Waals surface area (Å²) in [5, 5.41) is 16.0. The highest BCUT2D eigenvalue weighted by Crippen LogP contribution is 2.15. The molecule has 0 unspecified atom stereocenters. The summed E-state index contributed by atoms with van der Waals surface area (Å²) in [6.45, 7) is 0. The van der Waals surface area contributed by atoms with Gasteiger partial charge in [-0.05, 0) is 10.3 Å². The standard InChI is InChI=1S/C4H3N7O3/c5-1-2(8-11(12)13)7-4-3(6-1)9-14-10-4/h(H2,5,6,9)(H,7,8,10). The number of rotatable bonds is 2. The fourth-order valence-electron chi connectivity index (χ4n) is 0.819. The predicted octanol–water partition coefficient (Wildman–Crippen LogP) is -0.801. The van der Waals surface area contributed by atoms with Crippen LogP contribution in [0.25, 0.3) is 11.3 Å². The average molecular weight is 197 g/mol. The highest BCUT2D eigenvalue weighted by molar-refractivity contribution is 5.71. The maximum atomic E-state index is 10.1. The topological polar surface area (TPSA) is 146 Å². The smallest absolute Gasteiger partial charge is 0.245 e. The molecular formula is C4H3N7O3. The Labute approximate surface area is 75.2 Å². The number of hydrazine groups is 1. The maximum Gasteiger partial charge on any atom is 0.245 e. The quantitative estimate of drug-likeness (QED) is 0.466. The zero-order valence-corrected chi connectivity index (χ0v) is 6.54. The van der Waals surface area contributed by atoms with E-state index in [4.69, 9.17) is 5.73 Å². The molecule has 0 bridgehead atoms. The first-order chi connectivity index (χ1) is 6.66. The Morgan fingerprint density at radius 2 is 2.00 bits per heavy atom. The van der Waals surface area contributed by atoms with Crippen LogP contribution < -0.4 is 11.2 Å². The normalized spacial score (nSPS) is 10.3. The lowest BCUT2D eigenvalue weighted by Gasteiger charge is -1.97. The van der Waals surface area contributed by atoms with Crippen LogP contribution in [-0.2, 0) is 0 Å². The van der Waals surface area contributed by atoms with Crippen molar-refractivity contribution < 1.29 is 9.66 Å². The Balaban J connectivity index is 2.53. The summed E-state index contributed by atoms with van der Waals surface area (Å²) in [7, 11) is 0. The fourth-order valence-corrected chi connectivity index (χ4v) is 0.819. The number of anilines is 2. The van der Waals surface area contributed by atoms with Gasteiger partial charge in [-0.1, -0.05) is 5.43 Å². The van der Waals surface area contributed by atoms with Gasteiger partial charge in [0.2, 0.25) is 17.1 Å². The van der Waals surface area contributed by atoms with E-state index in [1.54, 1.807) is 5.43 Å². The molecule has 0 amide bonds. The van der Waals surface area contributed by atoms with E-state index in [1.165, 1.54) is 0 Å². The van der Waals surface area contributed by atoms with Gasteiger partial charge < -0.3 is 5.73 Å². The fraction of sp³-hybridized carbons (Fsp3) is 0. The van der Waals surface area contributed by atoms with Gasteiger partial charge in [0.25, 0.3) is 0 Å². The second-order valence-corrected chi connectivity index (χ2v) is 2.24. The number of nitrogen functional groups attached to an aromatic ring is 1. The average Bonchev–Trinajstić information content (AvgIpc) is 2.51. The number of aromatic nitrogens is 4. The summed E-state index contributed by atoms with van der Waals surface area (Å²) in [5.41, 5.74) is 7.25. The second-order valence-electron chi connectivity index (χ2n) is 2.24. The molecule has 0 aliphatic heterocycles. The molecule has 0 atom stereocenters. The van der Waals surface area contributed by atoms with Crippen LogP contribution in [0, 0.1) is 10.1 Å². The highest BCUT2D eigenvalue weighted by Gasteiger charge is 2.12. The van der Waals surface area contributed by atoms with Gasteiger partial charge in [0.15, 0.2) is 10.9 Å². The van der Waals surface area contributed by atoms with Crippen LogP contribution in [0.5, 0.6) is 0 Å². The maximum absolute atomic E-state index is 10.1. The highest BCUT2D eigenvalue weighted by atomic mass is 16.7. The Kier molecular flexibility index (Phi) is 1.59. The van der Waals surface area contributed by atoms with E-state index in [1.807, 2.05) is 0 Å². The first kappa shape index (κ1) is 8.10. The number of nitrogens with two attached hydrogens (primary N) is 1. The Hall–Kier alpha value is -2.52. The first-order valence-electron chi connectivity index (χ1n) is 3.33. The zero-order valence-electron chi connectivity index (χ0n) is 6.54. The zero-order chi connectivity index (χ0) is 10.1. The molecule has 2 heterocycles. The van der Waals surface area contributed by atoms with E-state index < -0.39 is 5.03 Å². The third-order valence-corrected chi connectivity index (χ3v) is 1.34. The van der Waals surface area contributed by atoms with Crippen molar-refractivity contribution in [2.24, 2.45) is 0 Å². The van der Waals surface area contributed by atoms with Crippen LogP contribution in [0.2, 0.25) is 0 Å². The van der Waals surface area contributed by atoms with Crippen molar-refractivity contribution in [3.8, 4) is 0 Å². The van der Waals surface area contributed by atoms with Crippen LogP contribution in [0.1, 0.15) is 0 Å².